The molecule has 2 amide bonds. The van der Waals surface area contributed by atoms with Crippen LogP contribution in [0.4, 0.5) is 11.4 Å². The van der Waals surface area contributed by atoms with Crippen LogP contribution in [-0.4, -0.2) is 25.5 Å². The number of ether oxygens (including phenoxy) is 1. The van der Waals surface area contributed by atoms with Crippen molar-refractivity contribution >= 4 is 34.2 Å². The SMILES string of the molecule is COCC(=O)Nc1cccc(NC(=O)c2oc3c(C)cccc3c2C)c1. The van der Waals surface area contributed by atoms with Gasteiger partial charge in [0.2, 0.25) is 5.91 Å². The predicted molar refractivity (Wildman–Crippen MR) is 101 cm³/mol. The van der Waals surface area contributed by atoms with Gasteiger partial charge in [0, 0.05) is 29.4 Å². The number of fused-ring (bicyclic) bond motifs is 1. The second-order valence-corrected chi connectivity index (χ2v) is 6.02. The van der Waals surface area contributed by atoms with E-state index in [1.54, 1.807) is 24.3 Å². The van der Waals surface area contributed by atoms with Gasteiger partial charge in [-0.3, -0.25) is 9.59 Å². The van der Waals surface area contributed by atoms with Gasteiger partial charge in [-0.1, -0.05) is 24.3 Å². The van der Waals surface area contributed by atoms with Gasteiger partial charge in [0.05, 0.1) is 0 Å². The molecule has 2 N–H and O–H groups in total. The maximum absolute atomic E-state index is 12.6. The quantitative estimate of drug-likeness (QED) is 0.730. The average Bonchev–Trinajstić information content (AvgIpc) is 2.94. The van der Waals surface area contributed by atoms with Crippen LogP contribution < -0.4 is 10.6 Å². The Balaban J connectivity index is 1.81. The van der Waals surface area contributed by atoms with E-state index in [1.807, 2.05) is 32.0 Å². The number of aryl methyl sites for hydroxylation is 2. The van der Waals surface area contributed by atoms with Gasteiger partial charge in [-0.2, -0.15) is 0 Å². The minimum Gasteiger partial charge on any atom is -0.450 e. The fraction of sp³-hybridized carbons (Fsp3) is 0.200. The number of furan rings is 1. The molecule has 0 atom stereocenters. The molecule has 0 aliphatic rings. The summed E-state index contributed by atoms with van der Waals surface area (Å²) in [6.45, 7) is 3.77. The molecule has 0 spiro atoms. The van der Waals surface area contributed by atoms with E-state index in [9.17, 15) is 9.59 Å². The molecule has 6 nitrogen and oxygen atoms in total. The Hall–Kier alpha value is -3.12. The topological polar surface area (TPSA) is 80.6 Å². The summed E-state index contributed by atoms with van der Waals surface area (Å²) in [5.74, 6) is -0.318. The highest BCUT2D eigenvalue weighted by Crippen LogP contribution is 2.28. The fourth-order valence-corrected chi connectivity index (χ4v) is 2.79. The molecule has 26 heavy (non-hydrogen) atoms. The second-order valence-electron chi connectivity index (χ2n) is 6.02. The molecular weight excluding hydrogens is 332 g/mol. The van der Waals surface area contributed by atoms with E-state index in [2.05, 4.69) is 10.6 Å². The lowest BCUT2D eigenvalue weighted by molar-refractivity contribution is -0.119. The van der Waals surface area contributed by atoms with Crippen molar-refractivity contribution in [2.24, 2.45) is 0 Å². The smallest absolute Gasteiger partial charge is 0.291 e. The molecule has 1 aromatic heterocycles. The number of nitrogens with one attached hydrogen (secondary N) is 2. The van der Waals surface area contributed by atoms with Crippen LogP contribution in [0.15, 0.2) is 46.9 Å². The first-order chi connectivity index (χ1) is 12.5. The van der Waals surface area contributed by atoms with Crippen molar-refractivity contribution in [2.75, 3.05) is 24.4 Å². The molecule has 0 saturated heterocycles. The molecular formula is C20H20N2O4. The Kier molecular flexibility index (Phi) is 5.04. The Morgan fingerprint density at radius 1 is 1.04 bits per heavy atom. The van der Waals surface area contributed by atoms with Crippen molar-refractivity contribution in [2.45, 2.75) is 13.8 Å². The van der Waals surface area contributed by atoms with Gasteiger partial charge < -0.3 is 19.8 Å². The van der Waals surface area contributed by atoms with E-state index >= 15 is 0 Å². The van der Waals surface area contributed by atoms with Crippen LogP contribution in [-0.2, 0) is 9.53 Å². The summed E-state index contributed by atoms with van der Waals surface area (Å²) in [5.41, 5.74) is 3.62. The third-order valence-electron chi connectivity index (χ3n) is 4.05. The molecule has 6 heteroatoms. The largest absolute Gasteiger partial charge is 0.450 e. The van der Waals surface area contributed by atoms with Gasteiger partial charge in [0.15, 0.2) is 5.76 Å². The molecule has 0 unspecified atom stereocenters. The third kappa shape index (κ3) is 3.60. The van der Waals surface area contributed by atoms with Gasteiger partial charge in [-0.15, -0.1) is 0 Å². The molecule has 2 aromatic carbocycles. The number of benzene rings is 2. The van der Waals surface area contributed by atoms with E-state index in [1.165, 1.54) is 7.11 Å². The van der Waals surface area contributed by atoms with Crippen molar-refractivity contribution in [1.29, 1.82) is 0 Å². The van der Waals surface area contributed by atoms with Crippen LogP contribution in [0.5, 0.6) is 0 Å². The van der Waals surface area contributed by atoms with Crippen LogP contribution in [0.25, 0.3) is 11.0 Å². The highest BCUT2D eigenvalue weighted by atomic mass is 16.5. The standard InChI is InChI=1S/C20H20N2O4/c1-12-6-4-9-16-13(2)19(26-18(12)16)20(24)22-15-8-5-7-14(10-15)21-17(23)11-25-3/h4-10H,11H2,1-3H3,(H,21,23)(H,22,24). The lowest BCUT2D eigenvalue weighted by Gasteiger charge is -2.08. The van der Waals surface area contributed by atoms with Crippen molar-refractivity contribution in [3.8, 4) is 0 Å². The molecule has 1 heterocycles. The van der Waals surface area contributed by atoms with Crippen molar-refractivity contribution in [1.82, 2.24) is 0 Å². The van der Waals surface area contributed by atoms with Gasteiger partial charge in [0.1, 0.15) is 12.2 Å². The number of hydrogen-bond donors (Lipinski definition) is 2. The van der Waals surface area contributed by atoms with E-state index in [0.717, 1.165) is 22.1 Å². The van der Waals surface area contributed by atoms with Gasteiger partial charge >= 0.3 is 0 Å². The molecule has 0 aliphatic heterocycles. The van der Waals surface area contributed by atoms with Crippen molar-refractivity contribution < 1.29 is 18.7 Å². The number of para-hydroxylation sites is 1. The predicted octanol–water partition coefficient (Wildman–Crippen LogP) is 3.89. The number of hydrogen-bond acceptors (Lipinski definition) is 4. The fourth-order valence-electron chi connectivity index (χ4n) is 2.79. The normalized spacial score (nSPS) is 10.7. The maximum atomic E-state index is 12.6. The van der Waals surface area contributed by atoms with Crippen LogP contribution in [0.1, 0.15) is 21.7 Å². The Morgan fingerprint density at radius 2 is 1.73 bits per heavy atom. The van der Waals surface area contributed by atoms with Crippen LogP contribution in [0, 0.1) is 13.8 Å². The van der Waals surface area contributed by atoms with Crippen molar-refractivity contribution in [3.63, 3.8) is 0 Å². The Labute approximate surface area is 151 Å². The summed E-state index contributed by atoms with van der Waals surface area (Å²) in [5, 5.41) is 6.43. The molecule has 0 bridgehead atoms. The Morgan fingerprint density at radius 3 is 2.42 bits per heavy atom. The summed E-state index contributed by atoms with van der Waals surface area (Å²) < 4.78 is 10.6. The lowest BCUT2D eigenvalue weighted by atomic mass is 10.1. The zero-order valence-electron chi connectivity index (χ0n) is 14.9. The minimum absolute atomic E-state index is 0.0336. The second kappa shape index (κ2) is 7.41. The van der Waals surface area contributed by atoms with E-state index < -0.39 is 0 Å². The first-order valence-corrected chi connectivity index (χ1v) is 8.18. The van der Waals surface area contributed by atoms with Crippen LogP contribution >= 0.6 is 0 Å². The number of carbonyl (C=O) groups excluding carboxylic acids is 2. The molecule has 0 saturated carbocycles. The number of rotatable bonds is 5. The zero-order valence-corrected chi connectivity index (χ0v) is 14.9. The molecule has 0 radical (unpaired) electrons. The Bertz CT molecular complexity index is 975. The maximum Gasteiger partial charge on any atom is 0.291 e. The highest BCUT2D eigenvalue weighted by molar-refractivity contribution is 6.07. The van der Waals surface area contributed by atoms with Crippen LogP contribution in [0.3, 0.4) is 0 Å². The number of amides is 2. The van der Waals surface area contributed by atoms with Gasteiger partial charge in [-0.05, 0) is 37.6 Å². The summed E-state index contributed by atoms with van der Waals surface area (Å²) in [6.07, 6.45) is 0. The van der Waals surface area contributed by atoms with Gasteiger partial charge in [0.25, 0.3) is 5.91 Å². The van der Waals surface area contributed by atoms with E-state index in [4.69, 9.17) is 9.15 Å². The van der Waals surface area contributed by atoms with E-state index in [-0.39, 0.29) is 24.2 Å². The zero-order chi connectivity index (χ0) is 18.7. The van der Waals surface area contributed by atoms with Crippen molar-refractivity contribution in [3.05, 3.63) is 59.4 Å². The van der Waals surface area contributed by atoms with E-state index in [0.29, 0.717) is 11.4 Å². The molecule has 0 aliphatic carbocycles. The summed E-state index contributed by atoms with van der Waals surface area (Å²) in [4.78, 5) is 24.2. The first-order valence-electron chi connectivity index (χ1n) is 8.18. The lowest BCUT2D eigenvalue weighted by Crippen LogP contribution is -2.17. The summed E-state index contributed by atoms with van der Waals surface area (Å²) >= 11 is 0. The number of carbonyl (C=O) groups is 2. The monoisotopic (exact) mass is 352 g/mol. The average molecular weight is 352 g/mol. The molecule has 134 valence electrons. The first kappa shape index (κ1) is 17.7. The highest BCUT2D eigenvalue weighted by Gasteiger charge is 2.18. The minimum atomic E-state index is -0.335. The molecule has 3 aromatic rings. The van der Waals surface area contributed by atoms with Crippen LogP contribution in [0.2, 0.25) is 0 Å². The van der Waals surface area contributed by atoms with Gasteiger partial charge in [-0.25, -0.2) is 0 Å². The molecule has 3 rings (SSSR count). The summed E-state index contributed by atoms with van der Waals surface area (Å²) in [7, 11) is 1.45. The molecule has 0 fully saturated rings. The number of methoxy groups -OCH3 is 1. The summed E-state index contributed by atoms with van der Waals surface area (Å²) in [6, 6.07) is 12.7. The third-order valence-corrected chi connectivity index (χ3v) is 4.05. The number of anilines is 2.